The minimum Gasteiger partial charge on any atom is -0.435 e. The second kappa shape index (κ2) is 8.77. The van der Waals surface area contributed by atoms with Gasteiger partial charge in [0.05, 0.1) is 23.2 Å². The SMILES string of the molecule is CC(C)c1cc(C(=O)NC(C)c2cccc(OC(F)F)c2)c2cnn(C(C)C)c2n1. The molecule has 3 aromatic rings. The molecule has 0 saturated carbocycles. The fourth-order valence-electron chi connectivity index (χ4n) is 3.22. The average Bonchev–Trinajstić information content (AvgIpc) is 3.11. The Balaban J connectivity index is 1.93. The van der Waals surface area contributed by atoms with Crippen molar-refractivity contribution >= 4 is 16.9 Å². The lowest BCUT2D eigenvalue weighted by Crippen LogP contribution is -2.27. The van der Waals surface area contributed by atoms with Crippen molar-refractivity contribution in [3.63, 3.8) is 0 Å². The molecule has 1 N–H and O–H groups in total. The van der Waals surface area contributed by atoms with E-state index < -0.39 is 12.7 Å². The third kappa shape index (κ3) is 4.58. The summed E-state index contributed by atoms with van der Waals surface area (Å²) in [5.74, 6) is -0.0902. The molecule has 0 spiro atoms. The van der Waals surface area contributed by atoms with Gasteiger partial charge in [-0.25, -0.2) is 9.67 Å². The number of carbonyl (C=O) groups excluding carboxylic acids is 1. The van der Waals surface area contributed by atoms with Gasteiger partial charge in [-0.1, -0.05) is 26.0 Å². The molecule has 0 aliphatic carbocycles. The number of pyridine rings is 1. The molecule has 2 aromatic heterocycles. The van der Waals surface area contributed by atoms with Crippen LogP contribution < -0.4 is 10.1 Å². The Bertz CT molecular complexity index is 1050. The van der Waals surface area contributed by atoms with Crippen LogP contribution in [0.25, 0.3) is 11.0 Å². The van der Waals surface area contributed by atoms with Crippen molar-refractivity contribution in [3.05, 3.63) is 53.3 Å². The summed E-state index contributed by atoms with van der Waals surface area (Å²) in [4.78, 5) is 17.8. The summed E-state index contributed by atoms with van der Waals surface area (Å²) in [5.41, 5.74) is 2.62. The van der Waals surface area contributed by atoms with E-state index in [2.05, 4.69) is 15.2 Å². The molecule has 3 rings (SSSR count). The normalized spacial score (nSPS) is 12.7. The number of hydrogen-bond acceptors (Lipinski definition) is 4. The molecule has 1 atom stereocenters. The lowest BCUT2D eigenvalue weighted by atomic mass is 10.0. The molecule has 0 saturated heterocycles. The maximum atomic E-state index is 13.1. The number of amides is 1. The fraction of sp³-hybridized carbons (Fsp3) is 0.409. The van der Waals surface area contributed by atoms with Crippen molar-refractivity contribution in [2.24, 2.45) is 0 Å². The first-order valence-corrected chi connectivity index (χ1v) is 9.91. The van der Waals surface area contributed by atoms with E-state index in [1.807, 2.05) is 27.7 Å². The Morgan fingerprint density at radius 1 is 1.13 bits per heavy atom. The molecule has 6 nitrogen and oxygen atoms in total. The number of alkyl halides is 2. The van der Waals surface area contributed by atoms with E-state index in [9.17, 15) is 13.6 Å². The molecule has 160 valence electrons. The topological polar surface area (TPSA) is 69.0 Å². The third-order valence-corrected chi connectivity index (χ3v) is 4.84. The monoisotopic (exact) mass is 416 g/mol. The van der Waals surface area contributed by atoms with Gasteiger partial charge >= 0.3 is 6.61 Å². The average molecular weight is 416 g/mol. The van der Waals surface area contributed by atoms with Crippen LogP contribution in [0, 0.1) is 0 Å². The van der Waals surface area contributed by atoms with Gasteiger partial charge in [0.1, 0.15) is 5.75 Å². The van der Waals surface area contributed by atoms with E-state index in [1.54, 1.807) is 36.0 Å². The lowest BCUT2D eigenvalue weighted by Gasteiger charge is -2.17. The molecule has 1 amide bonds. The number of nitrogens with zero attached hydrogens (tertiary/aromatic N) is 3. The number of rotatable bonds is 7. The van der Waals surface area contributed by atoms with Gasteiger partial charge in [0.25, 0.3) is 5.91 Å². The number of fused-ring (bicyclic) bond motifs is 1. The van der Waals surface area contributed by atoms with Gasteiger partial charge in [0.2, 0.25) is 0 Å². The van der Waals surface area contributed by atoms with Crippen LogP contribution in [0.4, 0.5) is 8.78 Å². The number of benzene rings is 1. The van der Waals surface area contributed by atoms with Gasteiger partial charge in [-0.05, 0) is 50.5 Å². The summed E-state index contributed by atoms with van der Waals surface area (Å²) in [6.45, 7) is 6.94. The van der Waals surface area contributed by atoms with Crippen LogP contribution in [-0.4, -0.2) is 27.3 Å². The Morgan fingerprint density at radius 3 is 2.50 bits per heavy atom. The predicted molar refractivity (Wildman–Crippen MR) is 111 cm³/mol. The molecular formula is C22H26F2N4O2. The van der Waals surface area contributed by atoms with Crippen molar-refractivity contribution in [2.45, 2.75) is 59.2 Å². The molecule has 0 radical (unpaired) electrons. The second-order valence-corrected chi connectivity index (χ2v) is 7.82. The largest absolute Gasteiger partial charge is 0.435 e. The van der Waals surface area contributed by atoms with Crippen LogP contribution in [0.1, 0.15) is 74.2 Å². The molecule has 1 unspecified atom stereocenters. The quantitative estimate of drug-likeness (QED) is 0.573. The van der Waals surface area contributed by atoms with Gasteiger partial charge in [-0.15, -0.1) is 0 Å². The zero-order valence-electron chi connectivity index (χ0n) is 17.7. The molecule has 0 fully saturated rings. The number of ether oxygens (including phenoxy) is 1. The molecule has 2 heterocycles. The Morgan fingerprint density at radius 2 is 1.87 bits per heavy atom. The highest BCUT2D eigenvalue weighted by molar-refractivity contribution is 6.05. The number of carbonyl (C=O) groups is 1. The third-order valence-electron chi connectivity index (χ3n) is 4.84. The summed E-state index contributed by atoms with van der Waals surface area (Å²) in [6.07, 6.45) is 1.66. The second-order valence-electron chi connectivity index (χ2n) is 7.82. The van der Waals surface area contributed by atoms with E-state index in [1.165, 1.54) is 12.1 Å². The highest BCUT2D eigenvalue weighted by Crippen LogP contribution is 2.26. The summed E-state index contributed by atoms with van der Waals surface area (Å²) >= 11 is 0. The molecule has 0 aliphatic heterocycles. The van der Waals surface area contributed by atoms with Crippen molar-refractivity contribution < 1.29 is 18.3 Å². The molecular weight excluding hydrogens is 390 g/mol. The first kappa shape index (κ1) is 21.7. The van der Waals surface area contributed by atoms with Gasteiger partial charge in [0, 0.05) is 11.7 Å². The maximum absolute atomic E-state index is 13.1. The highest BCUT2D eigenvalue weighted by atomic mass is 19.3. The number of aromatic nitrogens is 3. The first-order chi connectivity index (χ1) is 14.2. The Labute approximate surface area is 174 Å². The van der Waals surface area contributed by atoms with Crippen molar-refractivity contribution in [1.82, 2.24) is 20.1 Å². The smallest absolute Gasteiger partial charge is 0.387 e. The van der Waals surface area contributed by atoms with Crippen LogP contribution in [0.3, 0.4) is 0 Å². The van der Waals surface area contributed by atoms with Crippen LogP contribution in [0.15, 0.2) is 36.5 Å². The zero-order chi connectivity index (χ0) is 22.0. The molecule has 1 aromatic carbocycles. The van der Waals surface area contributed by atoms with Crippen LogP contribution in [-0.2, 0) is 0 Å². The molecule has 0 aliphatic rings. The molecule has 30 heavy (non-hydrogen) atoms. The van der Waals surface area contributed by atoms with E-state index in [0.29, 0.717) is 22.2 Å². The zero-order valence-corrected chi connectivity index (χ0v) is 17.7. The summed E-state index contributed by atoms with van der Waals surface area (Å²) in [7, 11) is 0. The minimum absolute atomic E-state index is 0.0511. The van der Waals surface area contributed by atoms with Crippen molar-refractivity contribution in [2.75, 3.05) is 0 Å². The molecule has 0 bridgehead atoms. The van der Waals surface area contributed by atoms with Crippen LogP contribution >= 0.6 is 0 Å². The Hall–Kier alpha value is -3.03. The van der Waals surface area contributed by atoms with Crippen LogP contribution in [0.5, 0.6) is 5.75 Å². The van der Waals surface area contributed by atoms with E-state index in [-0.39, 0.29) is 23.6 Å². The first-order valence-electron chi connectivity index (χ1n) is 9.91. The minimum atomic E-state index is -2.90. The number of hydrogen-bond donors (Lipinski definition) is 1. The van der Waals surface area contributed by atoms with Crippen molar-refractivity contribution in [1.29, 1.82) is 0 Å². The standard InChI is InChI=1S/C22H26F2N4O2/c1-12(2)19-10-17(18-11-25-28(13(3)4)20(18)27-19)21(29)26-14(5)15-7-6-8-16(9-15)30-22(23)24/h6-14,22H,1-5H3,(H,26,29). The Kier molecular flexibility index (Phi) is 6.34. The molecule has 8 heteroatoms. The van der Waals surface area contributed by atoms with Crippen molar-refractivity contribution in [3.8, 4) is 5.75 Å². The lowest BCUT2D eigenvalue weighted by molar-refractivity contribution is -0.0499. The number of halogens is 2. The van der Waals surface area contributed by atoms with Gasteiger partial charge in [-0.2, -0.15) is 13.9 Å². The van der Waals surface area contributed by atoms with Gasteiger partial charge < -0.3 is 10.1 Å². The van der Waals surface area contributed by atoms with E-state index in [0.717, 1.165) is 5.69 Å². The fourth-order valence-corrected chi connectivity index (χ4v) is 3.22. The van der Waals surface area contributed by atoms with Gasteiger partial charge in [-0.3, -0.25) is 4.79 Å². The van der Waals surface area contributed by atoms with Gasteiger partial charge in [0.15, 0.2) is 5.65 Å². The van der Waals surface area contributed by atoms with Crippen LogP contribution in [0.2, 0.25) is 0 Å². The van der Waals surface area contributed by atoms with E-state index >= 15 is 0 Å². The summed E-state index contributed by atoms with van der Waals surface area (Å²) in [6, 6.07) is 7.79. The predicted octanol–water partition coefficient (Wildman–Crippen LogP) is 5.23. The van der Waals surface area contributed by atoms with E-state index in [4.69, 9.17) is 4.98 Å². The summed E-state index contributed by atoms with van der Waals surface area (Å²) in [5, 5.41) is 8.02. The maximum Gasteiger partial charge on any atom is 0.387 e. The highest BCUT2D eigenvalue weighted by Gasteiger charge is 2.20. The summed E-state index contributed by atoms with van der Waals surface area (Å²) < 4.78 is 31.2. The number of nitrogens with one attached hydrogen (secondary N) is 1.